The minimum absolute atomic E-state index is 0.357. The molecular formula is C9H9ClF3NOS. The summed E-state index contributed by atoms with van der Waals surface area (Å²) < 4.78 is 37.7. The van der Waals surface area contributed by atoms with Gasteiger partial charge in [-0.2, -0.15) is 13.2 Å². The van der Waals surface area contributed by atoms with Gasteiger partial charge in [-0.25, -0.2) is 0 Å². The molecule has 16 heavy (non-hydrogen) atoms. The molecule has 2 nitrogen and oxygen atoms in total. The Balaban J connectivity index is 2.80. The van der Waals surface area contributed by atoms with E-state index in [9.17, 15) is 18.0 Å². The van der Waals surface area contributed by atoms with Gasteiger partial charge in [0.2, 0.25) is 0 Å². The first-order valence-electron chi connectivity index (χ1n) is 4.27. The molecule has 2 N–H and O–H groups in total. The average molecular weight is 272 g/mol. The highest BCUT2D eigenvalue weighted by Gasteiger charge is 2.53. The van der Waals surface area contributed by atoms with Gasteiger partial charge in [0.05, 0.1) is 4.34 Å². The summed E-state index contributed by atoms with van der Waals surface area (Å²) in [6, 6.07) is 3.04. The van der Waals surface area contributed by atoms with E-state index in [1.807, 2.05) is 0 Å². The summed E-state index contributed by atoms with van der Waals surface area (Å²) in [5.74, 6) is -1.07. The number of carbonyl (C=O) groups is 1. The van der Waals surface area contributed by atoms with Crippen LogP contribution in [0.15, 0.2) is 12.1 Å². The van der Waals surface area contributed by atoms with Crippen LogP contribution in [0.3, 0.4) is 0 Å². The molecule has 0 bridgehead atoms. The number of hydrogen-bond donors (Lipinski definition) is 1. The van der Waals surface area contributed by atoms with Gasteiger partial charge in [-0.05, 0) is 19.1 Å². The van der Waals surface area contributed by atoms with Gasteiger partial charge in [-0.15, -0.1) is 11.3 Å². The number of ketones is 1. The molecular weight excluding hydrogens is 263 g/mol. The Kier molecular flexibility index (Phi) is 3.66. The van der Waals surface area contributed by atoms with E-state index in [1.54, 1.807) is 0 Å². The van der Waals surface area contributed by atoms with E-state index in [1.165, 1.54) is 12.1 Å². The quantitative estimate of drug-likeness (QED) is 0.919. The molecule has 0 aliphatic heterocycles. The fraction of sp³-hybridized carbons (Fsp3) is 0.444. The maximum atomic E-state index is 12.4. The molecule has 1 atom stereocenters. The second-order valence-corrected chi connectivity index (χ2v) is 5.31. The minimum Gasteiger partial charge on any atom is -0.312 e. The molecule has 0 radical (unpaired) electrons. The summed E-state index contributed by atoms with van der Waals surface area (Å²) in [6.07, 6.45) is -5.10. The molecule has 1 rings (SSSR count). The average Bonchev–Trinajstić information content (AvgIpc) is 2.49. The molecule has 0 spiro atoms. The van der Waals surface area contributed by atoms with E-state index in [4.69, 9.17) is 17.3 Å². The van der Waals surface area contributed by atoms with Gasteiger partial charge in [-0.1, -0.05) is 11.6 Å². The molecule has 0 aromatic carbocycles. The van der Waals surface area contributed by atoms with Crippen molar-refractivity contribution >= 4 is 28.7 Å². The SMILES string of the molecule is CC(N)(C(=O)Cc1ccc(Cl)s1)C(F)(F)F. The molecule has 1 heterocycles. The van der Waals surface area contributed by atoms with Gasteiger partial charge in [0.25, 0.3) is 0 Å². The Morgan fingerprint density at radius 1 is 1.50 bits per heavy atom. The van der Waals surface area contributed by atoms with Crippen molar-refractivity contribution < 1.29 is 18.0 Å². The summed E-state index contributed by atoms with van der Waals surface area (Å²) in [5, 5.41) is 0. The van der Waals surface area contributed by atoms with Crippen LogP contribution in [0.1, 0.15) is 11.8 Å². The van der Waals surface area contributed by atoms with Gasteiger partial charge < -0.3 is 5.73 Å². The first-order valence-corrected chi connectivity index (χ1v) is 5.47. The summed E-state index contributed by atoms with van der Waals surface area (Å²) in [7, 11) is 0. The van der Waals surface area contributed by atoms with Crippen LogP contribution in [-0.2, 0) is 11.2 Å². The van der Waals surface area contributed by atoms with E-state index in [0.29, 0.717) is 16.1 Å². The number of nitrogens with two attached hydrogens (primary N) is 1. The molecule has 90 valence electrons. The van der Waals surface area contributed by atoms with Crippen molar-refractivity contribution in [2.75, 3.05) is 0 Å². The number of thiophene rings is 1. The Labute approximate surface area is 99.2 Å². The summed E-state index contributed by atoms with van der Waals surface area (Å²) >= 11 is 6.67. The third-order valence-corrected chi connectivity index (χ3v) is 3.36. The number of Topliss-reactive ketones (excluding diaryl/α,β-unsaturated/α-hetero) is 1. The first-order chi connectivity index (χ1) is 7.14. The zero-order chi connectivity index (χ0) is 12.6. The Morgan fingerprint density at radius 2 is 2.06 bits per heavy atom. The highest BCUT2D eigenvalue weighted by Crippen LogP contribution is 2.31. The van der Waals surface area contributed by atoms with Crippen LogP contribution in [0.5, 0.6) is 0 Å². The minimum atomic E-state index is -4.74. The third-order valence-electron chi connectivity index (χ3n) is 2.13. The van der Waals surface area contributed by atoms with Crippen LogP contribution >= 0.6 is 22.9 Å². The summed E-state index contributed by atoms with van der Waals surface area (Å²) in [4.78, 5) is 11.9. The van der Waals surface area contributed by atoms with Crippen molar-refractivity contribution in [1.29, 1.82) is 0 Å². The Hall–Kier alpha value is -0.590. The molecule has 0 saturated carbocycles. The molecule has 7 heteroatoms. The smallest absolute Gasteiger partial charge is 0.312 e. The van der Waals surface area contributed by atoms with Crippen LogP contribution < -0.4 is 5.73 Å². The van der Waals surface area contributed by atoms with Crippen LogP contribution in [0.25, 0.3) is 0 Å². The van der Waals surface area contributed by atoms with Gasteiger partial charge in [0.15, 0.2) is 11.3 Å². The molecule has 1 unspecified atom stereocenters. The van der Waals surface area contributed by atoms with E-state index >= 15 is 0 Å². The van der Waals surface area contributed by atoms with Crippen LogP contribution in [0.4, 0.5) is 13.2 Å². The molecule has 0 aliphatic rings. The topological polar surface area (TPSA) is 43.1 Å². The van der Waals surface area contributed by atoms with Crippen molar-refractivity contribution in [3.8, 4) is 0 Å². The van der Waals surface area contributed by atoms with E-state index in [-0.39, 0.29) is 6.42 Å². The van der Waals surface area contributed by atoms with Crippen molar-refractivity contribution in [3.05, 3.63) is 21.3 Å². The monoisotopic (exact) mass is 271 g/mol. The fourth-order valence-corrected chi connectivity index (χ4v) is 2.03. The van der Waals surface area contributed by atoms with Crippen LogP contribution in [-0.4, -0.2) is 17.5 Å². The number of alkyl halides is 3. The molecule has 0 fully saturated rings. The maximum absolute atomic E-state index is 12.4. The highest BCUT2D eigenvalue weighted by molar-refractivity contribution is 7.16. The number of carbonyl (C=O) groups excluding carboxylic acids is 1. The lowest BCUT2D eigenvalue weighted by Gasteiger charge is -2.25. The second-order valence-electron chi connectivity index (χ2n) is 3.51. The largest absolute Gasteiger partial charge is 0.413 e. The van der Waals surface area contributed by atoms with Gasteiger partial charge >= 0.3 is 6.18 Å². The Bertz CT molecular complexity index is 400. The first kappa shape index (κ1) is 13.5. The maximum Gasteiger partial charge on any atom is 0.413 e. The second kappa shape index (κ2) is 4.35. The van der Waals surface area contributed by atoms with Gasteiger partial charge in [-0.3, -0.25) is 4.79 Å². The van der Waals surface area contributed by atoms with E-state index < -0.39 is 17.5 Å². The molecule has 0 saturated heterocycles. The van der Waals surface area contributed by atoms with Gasteiger partial charge in [0, 0.05) is 11.3 Å². The number of hydrogen-bond acceptors (Lipinski definition) is 3. The normalized spacial score (nSPS) is 15.9. The predicted molar refractivity (Wildman–Crippen MR) is 56.7 cm³/mol. The molecule has 1 aromatic rings. The van der Waals surface area contributed by atoms with Crippen molar-refractivity contribution in [2.45, 2.75) is 25.1 Å². The molecule has 1 aromatic heterocycles. The lowest BCUT2D eigenvalue weighted by Crippen LogP contribution is -2.57. The van der Waals surface area contributed by atoms with Crippen LogP contribution in [0.2, 0.25) is 4.34 Å². The summed E-state index contributed by atoms with van der Waals surface area (Å²) in [6.45, 7) is 0.671. The third kappa shape index (κ3) is 2.75. The van der Waals surface area contributed by atoms with Crippen LogP contribution in [0, 0.1) is 0 Å². The highest BCUT2D eigenvalue weighted by atomic mass is 35.5. The van der Waals surface area contributed by atoms with E-state index in [0.717, 1.165) is 11.3 Å². The fourth-order valence-electron chi connectivity index (χ4n) is 0.947. The van der Waals surface area contributed by atoms with E-state index in [2.05, 4.69) is 0 Å². The molecule has 0 amide bonds. The number of halogens is 4. The zero-order valence-electron chi connectivity index (χ0n) is 8.27. The van der Waals surface area contributed by atoms with Crippen molar-refractivity contribution in [1.82, 2.24) is 0 Å². The van der Waals surface area contributed by atoms with Crippen molar-refractivity contribution in [2.24, 2.45) is 5.73 Å². The Morgan fingerprint density at radius 3 is 2.44 bits per heavy atom. The predicted octanol–water partition coefficient (Wildman–Crippen LogP) is 2.79. The van der Waals surface area contributed by atoms with Gasteiger partial charge in [0.1, 0.15) is 0 Å². The zero-order valence-corrected chi connectivity index (χ0v) is 9.84. The number of rotatable bonds is 3. The van der Waals surface area contributed by atoms with Crippen molar-refractivity contribution in [3.63, 3.8) is 0 Å². The standard InChI is InChI=1S/C9H9ClF3NOS/c1-8(14,9(11,12)13)6(15)4-5-2-3-7(10)16-5/h2-3H,4,14H2,1H3. The molecule has 0 aliphatic carbocycles. The lowest BCUT2D eigenvalue weighted by atomic mass is 9.94. The summed E-state index contributed by atoms with van der Waals surface area (Å²) in [5.41, 5.74) is 2.17. The lowest BCUT2D eigenvalue weighted by molar-refractivity contribution is -0.185.